The second-order valence-corrected chi connectivity index (χ2v) is 4.14. The van der Waals surface area contributed by atoms with Gasteiger partial charge in [0.2, 0.25) is 0 Å². The fourth-order valence-corrected chi connectivity index (χ4v) is 2.32. The zero-order chi connectivity index (χ0) is 8.55. The van der Waals surface area contributed by atoms with Crippen LogP contribution in [0.5, 0.6) is 0 Å². The van der Waals surface area contributed by atoms with Gasteiger partial charge in [-0.15, -0.1) is 0 Å². The Morgan fingerprint density at radius 3 is 3.00 bits per heavy atom. The molecule has 2 saturated heterocycles. The molecule has 2 unspecified atom stereocenters. The van der Waals surface area contributed by atoms with E-state index in [9.17, 15) is 0 Å². The van der Waals surface area contributed by atoms with Gasteiger partial charge in [0.1, 0.15) is 0 Å². The van der Waals surface area contributed by atoms with Gasteiger partial charge in [-0.05, 0) is 12.8 Å². The van der Waals surface area contributed by atoms with E-state index in [1.165, 1.54) is 25.0 Å². The molecule has 68 valence electrons. The Labute approximate surface area is 74.6 Å². The van der Waals surface area contributed by atoms with Crippen LogP contribution in [0, 0.1) is 0 Å². The zero-order valence-corrected chi connectivity index (χ0v) is 7.84. The van der Waals surface area contributed by atoms with E-state index in [1.807, 2.05) is 0 Å². The van der Waals surface area contributed by atoms with Gasteiger partial charge in [0.25, 0.3) is 0 Å². The fourth-order valence-electron chi connectivity index (χ4n) is 2.32. The Morgan fingerprint density at radius 1 is 1.42 bits per heavy atom. The first-order valence-corrected chi connectivity index (χ1v) is 4.90. The third-order valence-corrected chi connectivity index (χ3v) is 3.09. The molecule has 0 spiro atoms. The van der Waals surface area contributed by atoms with Crippen molar-refractivity contribution in [1.29, 1.82) is 0 Å². The molecule has 0 amide bonds. The molecule has 2 atom stereocenters. The molecule has 0 saturated carbocycles. The number of hydrogen-bond donors (Lipinski definition) is 1. The monoisotopic (exact) mass is 166 g/mol. The first kappa shape index (κ1) is 8.11. The van der Waals surface area contributed by atoms with E-state index in [4.69, 9.17) is 0 Å². The standard InChI is InChI=1S/C10H18N2/c1-8-6-9-4-3-5-10(11-9)7-12(8)2/h9-11H,1,3-7H2,2H3. The van der Waals surface area contributed by atoms with Gasteiger partial charge < -0.3 is 10.2 Å². The minimum Gasteiger partial charge on any atom is -0.377 e. The first-order chi connectivity index (χ1) is 5.75. The summed E-state index contributed by atoms with van der Waals surface area (Å²) in [7, 11) is 2.16. The summed E-state index contributed by atoms with van der Waals surface area (Å²) in [5.74, 6) is 0. The molecule has 2 nitrogen and oxygen atoms in total. The van der Waals surface area contributed by atoms with Crippen molar-refractivity contribution in [2.75, 3.05) is 13.6 Å². The van der Waals surface area contributed by atoms with Crippen LogP contribution >= 0.6 is 0 Å². The molecule has 2 heteroatoms. The Kier molecular flexibility index (Phi) is 2.09. The number of nitrogens with one attached hydrogen (secondary N) is 1. The lowest BCUT2D eigenvalue weighted by Crippen LogP contribution is -2.43. The number of fused-ring (bicyclic) bond motifs is 2. The predicted molar refractivity (Wildman–Crippen MR) is 50.9 cm³/mol. The van der Waals surface area contributed by atoms with Gasteiger partial charge in [-0.1, -0.05) is 13.0 Å². The van der Waals surface area contributed by atoms with E-state index >= 15 is 0 Å². The van der Waals surface area contributed by atoms with Crippen molar-refractivity contribution in [2.45, 2.75) is 37.8 Å². The highest BCUT2D eigenvalue weighted by atomic mass is 15.2. The van der Waals surface area contributed by atoms with Crippen molar-refractivity contribution in [2.24, 2.45) is 0 Å². The molecule has 0 aromatic carbocycles. The summed E-state index contributed by atoms with van der Waals surface area (Å²) in [5, 5.41) is 3.67. The lowest BCUT2D eigenvalue weighted by Gasteiger charge is -2.28. The van der Waals surface area contributed by atoms with Crippen LogP contribution in [0.4, 0.5) is 0 Å². The average Bonchev–Trinajstić information content (AvgIpc) is 2.11. The summed E-state index contributed by atoms with van der Waals surface area (Å²) in [6, 6.07) is 1.43. The minimum absolute atomic E-state index is 0.709. The van der Waals surface area contributed by atoms with Crippen molar-refractivity contribution in [3.05, 3.63) is 12.3 Å². The lowest BCUT2D eigenvalue weighted by atomic mass is 9.98. The fraction of sp³-hybridized carbons (Fsp3) is 0.800. The van der Waals surface area contributed by atoms with Crippen LogP contribution in [0.1, 0.15) is 25.7 Å². The van der Waals surface area contributed by atoms with Crippen LogP contribution in [-0.4, -0.2) is 30.6 Å². The highest BCUT2D eigenvalue weighted by Crippen LogP contribution is 2.23. The smallest absolute Gasteiger partial charge is 0.0325 e. The topological polar surface area (TPSA) is 15.3 Å². The summed E-state index contributed by atoms with van der Waals surface area (Å²) in [6.45, 7) is 5.25. The first-order valence-electron chi connectivity index (χ1n) is 4.90. The van der Waals surface area contributed by atoms with E-state index in [0.29, 0.717) is 12.1 Å². The molecule has 2 heterocycles. The predicted octanol–water partition coefficient (Wildman–Crippen LogP) is 1.35. The second-order valence-electron chi connectivity index (χ2n) is 4.14. The molecular formula is C10H18N2. The summed E-state index contributed by atoms with van der Waals surface area (Å²) < 4.78 is 0. The molecule has 0 aromatic heterocycles. The second kappa shape index (κ2) is 3.09. The van der Waals surface area contributed by atoms with E-state index in [2.05, 4.69) is 23.8 Å². The zero-order valence-electron chi connectivity index (χ0n) is 7.84. The molecule has 0 radical (unpaired) electrons. The lowest BCUT2D eigenvalue weighted by molar-refractivity contribution is 0.308. The number of nitrogens with zero attached hydrogens (tertiary/aromatic N) is 1. The third-order valence-electron chi connectivity index (χ3n) is 3.09. The Hall–Kier alpha value is -0.500. The van der Waals surface area contributed by atoms with Gasteiger partial charge in [0.05, 0.1) is 0 Å². The maximum Gasteiger partial charge on any atom is 0.0325 e. The molecule has 2 bridgehead atoms. The van der Waals surface area contributed by atoms with Crippen LogP contribution in [-0.2, 0) is 0 Å². The highest BCUT2D eigenvalue weighted by Gasteiger charge is 2.26. The highest BCUT2D eigenvalue weighted by molar-refractivity contribution is 5.02. The van der Waals surface area contributed by atoms with Crippen LogP contribution in [0.15, 0.2) is 12.3 Å². The minimum atomic E-state index is 0.709. The molecule has 1 N–H and O–H groups in total. The SMILES string of the molecule is C=C1CC2CCCC(CN1C)N2. The largest absolute Gasteiger partial charge is 0.377 e. The average molecular weight is 166 g/mol. The van der Waals surface area contributed by atoms with Crippen molar-refractivity contribution >= 4 is 0 Å². The van der Waals surface area contributed by atoms with E-state index in [-0.39, 0.29) is 0 Å². The normalized spacial score (nSPS) is 36.4. The maximum absolute atomic E-state index is 4.10. The van der Waals surface area contributed by atoms with Gasteiger partial charge in [0.15, 0.2) is 0 Å². The molecule has 2 rings (SSSR count). The third kappa shape index (κ3) is 1.48. The van der Waals surface area contributed by atoms with Gasteiger partial charge in [-0.25, -0.2) is 0 Å². The quantitative estimate of drug-likeness (QED) is 0.584. The number of rotatable bonds is 0. The Balaban J connectivity index is 2.09. The van der Waals surface area contributed by atoms with E-state index in [0.717, 1.165) is 13.0 Å². The van der Waals surface area contributed by atoms with E-state index in [1.54, 1.807) is 0 Å². The van der Waals surface area contributed by atoms with Crippen molar-refractivity contribution < 1.29 is 0 Å². The van der Waals surface area contributed by atoms with Crippen LogP contribution in [0.2, 0.25) is 0 Å². The molecule has 0 aliphatic carbocycles. The van der Waals surface area contributed by atoms with Gasteiger partial charge in [-0.2, -0.15) is 0 Å². The summed E-state index contributed by atoms with van der Waals surface area (Å²) >= 11 is 0. The van der Waals surface area contributed by atoms with Crippen molar-refractivity contribution in [1.82, 2.24) is 10.2 Å². The molecular weight excluding hydrogens is 148 g/mol. The van der Waals surface area contributed by atoms with Crippen molar-refractivity contribution in [3.63, 3.8) is 0 Å². The Bertz CT molecular complexity index is 188. The van der Waals surface area contributed by atoms with Gasteiger partial charge >= 0.3 is 0 Å². The van der Waals surface area contributed by atoms with Crippen LogP contribution in [0.3, 0.4) is 0 Å². The van der Waals surface area contributed by atoms with E-state index < -0.39 is 0 Å². The molecule has 2 aliphatic heterocycles. The summed E-state index contributed by atoms with van der Waals surface area (Å²) in [4.78, 5) is 2.31. The Morgan fingerprint density at radius 2 is 2.17 bits per heavy atom. The number of hydrogen-bond acceptors (Lipinski definition) is 2. The van der Waals surface area contributed by atoms with Gasteiger partial charge in [-0.3, -0.25) is 0 Å². The number of piperidine rings is 1. The number of likely N-dealkylation sites (N-methyl/N-ethyl adjacent to an activating group) is 1. The molecule has 0 aromatic rings. The van der Waals surface area contributed by atoms with Crippen LogP contribution < -0.4 is 5.32 Å². The molecule has 2 fully saturated rings. The summed E-state index contributed by atoms with van der Waals surface area (Å²) in [6.07, 6.45) is 5.22. The molecule has 12 heavy (non-hydrogen) atoms. The summed E-state index contributed by atoms with van der Waals surface area (Å²) in [5.41, 5.74) is 1.30. The van der Waals surface area contributed by atoms with Gasteiger partial charge in [0, 0.05) is 37.8 Å². The van der Waals surface area contributed by atoms with Crippen molar-refractivity contribution in [3.8, 4) is 0 Å². The van der Waals surface area contributed by atoms with Crippen LogP contribution in [0.25, 0.3) is 0 Å². The maximum atomic E-state index is 4.10. The molecule has 2 aliphatic rings.